The summed E-state index contributed by atoms with van der Waals surface area (Å²) >= 11 is 0. The molecular formula is C82H148NO8+. The van der Waals surface area contributed by atoms with Crippen LogP contribution in [-0.4, -0.2) is 87.4 Å². The number of carboxylic acid groups (broad SMARTS) is 1. The van der Waals surface area contributed by atoms with Gasteiger partial charge in [0.1, 0.15) is 13.2 Å². The Morgan fingerprint density at radius 2 is 0.626 bits per heavy atom. The van der Waals surface area contributed by atoms with Gasteiger partial charge in [-0.05, 0) is 89.9 Å². The zero-order valence-electron chi connectivity index (χ0n) is 60.5. The molecule has 528 valence electrons. The number of carbonyl (C=O) groups is 3. The van der Waals surface area contributed by atoms with E-state index in [4.69, 9.17) is 18.9 Å². The van der Waals surface area contributed by atoms with Crippen molar-refractivity contribution < 1.29 is 42.9 Å². The van der Waals surface area contributed by atoms with E-state index in [1.165, 1.54) is 250 Å². The first-order chi connectivity index (χ1) is 44.6. The number of hydrogen-bond donors (Lipinski definition) is 1. The lowest BCUT2D eigenvalue weighted by molar-refractivity contribution is -0.870. The third-order valence-electron chi connectivity index (χ3n) is 17.1. The molecule has 0 rings (SSSR count). The van der Waals surface area contributed by atoms with Gasteiger partial charge < -0.3 is 28.5 Å². The molecule has 0 aliphatic heterocycles. The predicted octanol–water partition coefficient (Wildman–Crippen LogP) is 24.6. The van der Waals surface area contributed by atoms with Gasteiger partial charge in [0.25, 0.3) is 6.29 Å². The third kappa shape index (κ3) is 73.7. The van der Waals surface area contributed by atoms with Gasteiger partial charge >= 0.3 is 17.9 Å². The van der Waals surface area contributed by atoms with Gasteiger partial charge in [0.2, 0.25) is 0 Å². The van der Waals surface area contributed by atoms with Crippen molar-refractivity contribution in [3.8, 4) is 0 Å². The van der Waals surface area contributed by atoms with Crippen LogP contribution < -0.4 is 0 Å². The van der Waals surface area contributed by atoms with E-state index in [0.717, 1.165) is 77.0 Å². The van der Waals surface area contributed by atoms with Crippen molar-refractivity contribution >= 4 is 17.9 Å². The van der Waals surface area contributed by atoms with Gasteiger partial charge in [0, 0.05) is 12.8 Å². The molecule has 9 nitrogen and oxygen atoms in total. The van der Waals surface area contributed by atoms with Crippen molar-refractivity contribution in [2.24, 2.45) is 0 Å². The number of nitrogens with zero attached hydrogens (tertiary/aromatic N) is 1. The van der Waals surface area contributed by atoms with Crippen molar-refractivity contribution in [1.82, 2.24) is 0 Å². The third-order valence-corrected chi connectivity index (χ3v) is 17.1. The molecule has 2 unspecified atom stereocenters. The first-order valence-corrected chi connectivity index (χ1v) is 38.8. The highest BCUT2D eigenvalue weighted by molar-refractivity contribution is 5.71. The monoisotopic (exact) mass is 1280 g/mol. The second-order valence-corrected chi connectivity index (χ2v) is 27.3. The second kappa shape index (κ2) is 72.3. The van der Waals surface area contributed by atoms with Crippen molar-refractivity contribution in [2.75, 3.05) is 47.5 Å². The topological polar surface area (TPSA) is 108 Å². The summed E-state index contributed by atoms with van der Waals surface area (Å²) in [6.45, 7) is 4.79. The van der Waals surface area contributed by atoms with Crippen molar-refractivity contribution in [3.63, 3.8) is 0 Å². The molecule has 0 amide bonds. The summed E-state index contributed by atoms with van der Waals surface area (Å²) in [5, 5.41) is 9.76. The van der Waals surface area contributed by atoms with Gasteiger partial charge in [0.05, 0.1) is 34.4 Å². The Hall–Kier alpha value is -3.53. The fourth-order valence-electron chi connectivity index (χ4n) is 11.3. The number of ether oxygens (including phenoxy) is 4. The van der Waals surface area contributed by atoms with Crippen LogP contribution in [0.15, 0.2) is 85.1 Å². The Balaban J connectivity index is 3.99. The average Bonchev–Trinajstić information content (AvgIpc) is 3.46. The highest BCUT2D eigenvalue weighted by Crippen LogP contribution is 2.19. The molecule has 0 radical (unpaired) electrons. The van der Waals surface area contributed by atoms with E-state index in [9.17, 15) is 19.5 Å². The van der Waals surface area contributed by atoms with Crippen LogP contribution in [0.1, 0.15) is 361 Å². The maximum absolute atomic E-state index is 13.0. The number of quaternary nitrogens is 1. The minimum Gasteiger partial charge on any atom is -0.477 e. The second-order valence-electron chi connectivity index (χ2n) is 27.3. The van der Waals surface area contributed by atoms with Crippen LogP contribution >= 0.6 is 0 Å². The number of likely N-dealkylation sites (N-methyl/N-ethyl adjacent to an activating group) is 1. The van der Waals surface area contributed by atoms with Gasteiger partial charge in [-0.2, -0.15) is 0 Å². The van der Waals surface area contributed by atoms with E-state index in [-0.39, 0.29) is 32.2 Å². The Morgan fingerprint density at radius 1 is 0.341 bits per heavy atom. The van der Waals surface area contributed by atoms with Crippen molar-refractivity contribution in [1.29, 1.82) is 0 Å². The van der Waals surface area contributed by atoms with Crippen LogP contribution in [0.5, 0.6) is 0 Å². The normalized spacial score (nSPS) is 13.1. The SMILES string of the molecule is CC/C=C\C/C=C\C/C=C\C/C=C\C/C=C\CCCCCCCCCCCCCC(=O)OC(COC(=O)CCCCCCCCCCCCCCCCCCCCCCCCCCCCC/C=C\C/C=C\CCCCCCC)COC(OCC[N+](C)(C)C)C(=O)O. The highest BCUT2D eigenvalue weighted by atomic mass is 16.7. The number of rotatable bonds is 72. The summed E-state index contributed by atoms with van der Waals surface area (Å²) in [4.78, 5) is 37.7. The van der Waals surface area contributed by atoms with E-state index in [2.05, 4.69) is 98.9 Å². The smallest absolute Gasteiger partial charge is 0.361 e. The quantitative estimate of drug-likeness (QED) is 0.0211. The number of carboxylic acids is 1. The number of hydrogen-bond acceptors (Lipinski definition) is 7. The summed E-state index contributed by atoms with van der Waals surface area (Å²) in [5.41, 5.74) is 0. The van der Waals surface area contributed by atoms with Crippen LogP contribution in [0.4, 0.5) is 0 Å². The molecule has 0 aromatic rings. The standard InChI is InChI=1S/C82H147NO8/c1-6-8-10-12-14-16-18-20-22-24-26-28-30-32-34-35-36-37-38-39-40-41-42-43-44-45-47-48-50-52-54-56-58-60-62-64-66-68-70-72-79(84)89-76-78(77-90-82(81(86)87)88-75-74-83(3,4)5)91-80(85)73-71-69-67-65-63-61-59-57-55-53-51-49-46-33-31-29-27-25-23-21-19-17-15-13-11-9-7-2/h9,11,15,17-18,20-21,23-24,26-27,29,33,46,78,82H,6-8,10,12-14,16,19,22,25,28,30-32,34-45,47-77H2,1-5H3/p+1/b11-9-,17-15-,20-18-,23-21-,26-24-,29-27-,46-33-. The van der Waals surface area contributed by atoms with Crippen LogP contribution in [0, 0.1) is 0 Å². The minimum atomic E-state index is -1.51. The van der Waals surface area contributed by atoms with Gasteiger partial charge in [-0.1, -0.05) is 343 Å². The van der Waals surface area contributed by atoms with E-state index < -0.39 is 24.3 Å². The van der Waals surface area contributed by atoms with E-state index >= 15 is 0 Å². The molecule has 1 N–H and O–H groups in total. The molecule has 0 heterocycles. The van der Waals surface area contributed by atoms with Crippen molar-refractivity contribution in [2.45, 2.75) is 373 Å². The van der Waals surface area contributed by atoms with Crippen LogP contribution in [-0.2, 0) is 33.3 Å². The fraction of sp³-hybridized carbons (Fsp3) is 0.793. The summed E-state index contributed by atoms with van der Waals surface area (Å²) < 4.78 is 23.0. The lowest BCUT2D eigenvalue weighted by Gasteiger charge is -2.25. The maximum Gasteiger partial charge on any atom is 0.361 e. The highest BCUT2D eigenvalue weighted by Gasteiger charge is 2.25. The first kappa shape index (κ1) is 87.5. The molecule has 9 heteroatoms. The van der Waals surface area contributed by atoms with Crippen LogP contribution in [0.2, 0.25) is 0 Å². The molecule has 0 aromatic heterocycles. The minimum absolute atomic E-state index is 0.182. The fourth-order valence-corrected chi connectivity index (χ4v) is 11.3. The van der Waals surface area contributed by atoms with Gasteiger partial charge in [-0.3, -0.25) is 9.59 Å². The van der Waals surface area contributed by atoms with Gasteiger partial charge in [0.15, 0.2) is 6.10 Å². The van der Waals surface area contributed by atoms with E-state index in [1.807, 2.05) is 21.1 Å². The first-order valence-electron chi connectivity index (χ1n) is 38.8. The summed E-state index contributed by atoms with van der Waals surface area (Å²) in [6, 6.07) is 0. The molecule has 0 aliphatic carbocycles. The molecule has 0 aromatic carbocycles. The Kier molecular flexibility index (Phi) is 69.5. The summed E-state index contributed by atoms with van der Waals surface area (Å²) in [6.07, 6.45) is 95.9. The Morgan fingerprint density at radius 3 is 0.934 bits per heavy atom. The maximum atomic E-state index is 13.0. The van der Waals surface area contributed by atoms with Crippen molar-refractivity contribution in [3.05, 3.63) is 85.1 Å². The molecule has 0 saturated carbocycles. The largest absolute Gasteiger partial charge is 0.477 e. The summed E-state index contributed by atoms with van der Waals surface area (Å²) in [7, 11) is 5.99. The number of allylic oxidation sites excluding steroid dienone is 14. The number of unbranched alkanes of at least 4 members (excludes halogenated alkanes) is 43. The van der Waals surface area contributed by atoms with Gasteiger partial charge in [-0.25, -0.2) is 4.79 Å². The predicted molar refractivity (Wildman–Crippen MR) is 392 cm³/mol. The molecule has 0 aliphatic rings. The zero-order chi connectivity index (χ0) is 66.1. The van der Waals surface area contributed by atoms with Crippen LogP contribution in [0.25, 0.3) is 0 Å². The number of aliphatic carboxylic acids is 1. The zero-order valence-corrected chi connectivity index (χ0v) is 60.5. The number of carbonyl (C=O) groups excluding carboxylic acids is 2. The molecule has 2 atom stereocenters. The Bertz CT molecular complexity index is 1770. The van der Waals surface area contributed by atoms with Gasteiger partial charge in [-0.15, -0.1) is 0 Å². The molecular weight excluding hydrogens is 1130 g/mol. The molecule has 0 spiro atoms. The van der Waals surface area contributed by atoms with Crippen LogP contribution in [0.3, 0.4) is 0 Å². The number of esters is 2. The lowest BCUT2D eigenvalue weighted by Crippen LogP contribution is -2.40. The van der Waals surface area contributed by atoms with E-state index in [0.29, 0.717) is 23.9 Å². The molecule has 0 fully saturated rings. The summed E-state index contributed by atoms with van der Waals surface area (Å²) in [5.74, 6) is -1.99. The lowest BCUT2D eigenvalue weighted by atomic mass is 10.0. The molecule has 0 saturated heterocycles. The average molecular weight is 1280 g/mol. The molecule has 91 heavy (non-hydrogen) atoms. The molecule has 0 bridgehead atoms. The van der Waals surface area contributed by atoms with E-state index in [1.54, 1.807) is 0 Å². The Labute approximate surface area is 563 Å².